The smallest absolute Gasteiger partial charge is 0.0410 e. The van der Waals surface area contributed by atoms with Gasteiger partial charge in [0.15, 0.2) is 0 Å². The molecule has 0 fully saturated rings. The van der Waals surface area contributed by atoms with E-state index in [4.69, 9.17) is 17.3 Å². The van der Waals surface area contributed by atoms with Gasteiger partial charge in [0.1, 0.15) is 0 Å². The van der Waals surface area contributed by atoms with Gasteiger partial charge in [0.05, 0.1) is 0 Å². The van der Waals surface area contributed by atoms with Crippen LogP contribution in [0.1, 0.15) is 32.8 Å². The summed E-state index contributed by atoms with van der Waals surface area (Å²) in [5.41, 5.74) is 8.23. The van der Waals surface area contributed by atoms with Crippen LogP contribution in [0, 0.1) is 5.92 Å². The SMILES string of the molecule is CCC(C)CN(CC)c1ccc(Cl)cc1CCN. The van der Waals surface area contributed by atoms with Crippen LogP contribution < -0.4 is 10.6 Å². The number of rotatable bonds is 7. The van der Waals surface area contributed by atoms with Gasteiger partial charge < -0.3 is 10.6 Å². The number of nitrogens with two attached hydrogens (primary N) is 1. The molecule has 3 heteroatoms. The van der Waals surface area contributed by atoms with Crippen LogP contribution in [0.2, 0.25) is 5.02 Å². The van der Waals surface area contributed by atoms with Crippen molar-refractivity contribution in [1.82, 2.24) is 0 Å². The number of benzene rings is 1. The van der Waals surface area contributed by atoms with Crippen LogP contribution in [0.5, 0.6) is 0 Å². The number of hydrogen-bond acceptors (Lipinski definition) is 2. The van der Waals surface area contributed by atoms with E-state index in [1.165, 1.54) is 17.7 Å². The third kappa shape index (κ3) is 4.18. The van der Waals surface area contributed by atoms with Crippen LogP contribution in [-0.4, -0.2) is 19.6 Å². The highest BCUT2D eigenvalue weighted by Gasteiger charge is 2.12. The minimum Gasteiger partial charge on any atom is -0.371 e. The number of hydrogen-bond donors (Lipinski definition) is 1. The molecule has 0 spiro atoms. The lowest BCUT2D eigenvalue weighted by molar-refractivity contribution is 0.547. The molecule has 1 aromatic rings. The molecule has 1 unspecified atom stereocenters. The van der Waals surface area contributed by atoms with Crippen molar-refractivity contribution in [2.24, 2.45) is 11.7 Å². The summed E-state index contributed by atoms with van der Waals surface area (Å²) in [6.07, 6.45) is 2.09. The van der Waals surface area contributed by atoms with E-state index < -0.39 is 0 Å². The predicted octanol–water partition coefficient (Wildman–Crippen LogP) is 3.71. The number of halogens is 1. The minimum absolute atomic E-state index is 0.661. The molecule has 1 atom stereocenters. The molecule has 0 amide bonds. The molecule has 0 saturated heterocycles. The minimum atomic E-state index is 0.661. The lowest BCUT2D eigenvalue weighted by Crippen LogP contribution is -2.29. The van der Waals surface area contributed by atoms with Crippen molar-refractivity contribution in [3.05, 3.63) is 28.8 Å². The second-order valence-corrected chi connectivity index (χ2v) is 5.30. The monoisotopic (exact) mass is 268 g/mol. The Bertz CT molecular complexity index is 366. The van der Waals surface area contributed by atoms with Crippen LogP contribution >= 0.6 is 11.6 Å². The van der Waals surface area contributed by atoms with Crippen molar-refractivity contribution in [2.45, 2.75) is 33.6 Å². The van der Waals surface area contributed by atoms with Gasteiger partial charge in [-0.15, -0.1) is 0 Å². The Labute approximate surface area is 116 Å². The third-order valence-corrected chi connectivity index (χ3v) is 3.64. The van der Waals surface area contributed by atoms with Crippen molar-refractivity contribution < 1.29 is 0 Å². The maximum absolute atomic E-state index is 6.07. The molecule has 2 nitrogen and oxygen atoms in total. The van der Waals surface area contributed by atoms with Gasteiger partial charge in [0.25, 0.3) is 0 Å². The zero-order chi connectivity index (χ0) is 13.5. The molecular weight excluding hydrogens is 244 g/mol. The summed E-state index contributed by atoms with van der Waals surface area (Å²) in [4.78, 5) is 2.43. The Morgan fingerprint density at radius 1 is 1.33 bits per heavy atom. The van der Waals surface area contributed by atoms with E-state index in [9.17, 15) is 0 Å². The van der Waals surface area contributed by atoms with Gasteiger partial charge in [-0.3, -0.25) is 0 Å². The van der Waals surface area contributed by atoms with E-state index in [0.29, 0.717) is 12.5 Å². The summed E-state index contributed by atoms with van der Waals surface area (Å²) in [5.74, 6) is 0.700. The van der Waals surface area contributed by atoms with Gasteiger partial charge in [-0.1, -0.05) is 31.9 Å². The molecule has 0 bridgehead atoms. The first kappa shape index (κ1) is 15.3. The second kappa shape index (κ2) is 7.65. The highest BCUT2D eigenvalue weighted by atomic mass is 35.5. The van der Waals surface area contributed by atoms with E-state index >= 15 is 0 Å². The first-order valence-corrected chi connectivity index (χ1v) is 7.23. The average molecular weight is 269 g/mol. The molecular formula is C15H25ClN2. The molecule has 0 aliphatic heterocycles. The van der Waals surface area contributed by atoms with Crippen molar-refractivity contribution >= 4 is 17.3 Å². The Morgan fingerprint density at radius 3 is 2.61 bits per heavy atom. The molecule has 18 heavy (non-hydrogen) atoms. The third-order valence-electron chi connectivity index (χ3n) is 3.41. The lowest BCUT2D eigenvalue weighted by atomic mass is 10.1. The topological polar surface area (TPSA) is 29.3 Å². The van der Waals surface area contributed by atoms with Crippen LogP contribution in [-0.2, 0) is 6.42 Å². The van der Waals surface area contributed by atoms with Crippen molar-refractivity contribution in [1.29, 1.82) is 0 Å². The van der Waals surface area contributed by atoms with Gasteiger partial charge in [-0.2, -0.15) is 0 Å². The van der Waals surface area contributed by atoms with Crippen molar-refractivity contribution in [3.8, 4) is 0 Å². The number of nitrogens with zero attached hydrogens (tertiary/aromatic N) is 1. The van der Waals surface area contributed by atoms with E-state index in [2.05, 4.69) is 31.7 Å². The summed E-state index contributed by atoms with van der Waals surface area (Å²) in [7, 11) is 0. The second-order valence-electron chi connectivity index (χ2n) is 4.86. The maximum Gasteiger partial charge on any atom is 0.0410 e. The highest BCUT2D eigenvalue weighted by molar-refractivity contribution is 6.30. The molecule has 0 radical (unpaired) electrons. The summed E-state index contributed by atoms with van der Waals surface area (Å²) >= 11 is 6.07. The number of anilines is 1. The first-order valence-electron chi connectivity index (χ1n) is 6.85. The summed E-state index contributed by atoms with van der Waals surface area (Å²) < 4.78 is 0. The lowest BCUT2D eigenvalue weighted by Gasteiger charge is -2.28. The zero-order valence-electron chi connectivity index (χ0n) is 11.7. The maximum atomic E-state index is 6.07. The molecule has 2 N–H and O–H groups in total. The van der Waals surface area contributed by atoms with Crippen LogP contribution in [0.4, 0.5) is 5.69 Å². The van der Waals surface area contributed by atoms with Crippen molar-refractivity contribution in [2.75, 3.05) is 24.5 Å². The molecule has 0 heterocycles. The Morgan fingerprint density at radius 2 is 2.06 bits per heavy atom. The molecule has 0 aromatic heterocycles. The van der Waals surface area contributed by atoms with E-state index in [1.807, 2.05) is 12.1 Å². The quantitative estimate of drug-likeness (QED) is 0.817. The van der Waals surface area contributed by atoms with Gasteiger partial charge in [-0.05, 0) is 49.6 Å². The van der Waals surface area contributed by atoms with E-state index in [0.717, 1.165) is 24.5 Å². The fourth-order valence-electron chi connectivity index (χ4n) is 2.12. The first-order chi connectivity index (χ1) is 8.62. The molecule has 1 rings (SSSR count). The summed E-state index contributed by atoms with van der Waals surface area (Å²) in [6.45, 7) is 9.50. The molecule has 0 aliphatic carbocycles. The predicted molar refractivity (Wildman–Crippen MR) is 81.6 cm³/mol. The van der Waals surface area contributed by atoms with E-state index in [1.54, 1.807) is 0 Å². The normalized spacial score (nSPS) is 12.5. The zero-order valence-corrected chi connectivity index (χ0v) is 12.5. The molecule has 1 aromatic carbocycles. The molecule has 0 saturated carbocycles. The molecule has 0 aliphatic rings. The summed E-state index contributed by atoms with van der Waals surface area (Å²) in [6, 6.07) is 6.14. The standard InChI is InChI=1S/C15H25ClN2/c1-4-12(3)11-18(5-2)15-7-6-14(16)10-13(15)8-9-17/h6-7,10,12H,4-5,8-9,11,17H2,1-3H3. The van der Waals surface area contributed by atoms with Crippen LogP contribution in [0.25, 0.3) is 0 Å². The Balaban J connectivity index is 2.96. The highest BCUT2D eigenvalue weighted by Crippen LogP contribution is 2.25. The van der Waals surface area contributed by atoms with Crippen LogP contribution in [0.3, 0.4) is 0 Å². The van der Waals surface area contributed by atoms with Crippen molar-refractivity contribution in [3.63, 3.8) is 0 Å². The molecule has 102 valence electrons. The van der Waals surface area contributed by atoms with Crippen LogP contribution in [0.15, 0.2) is 18.2 Å². The summed E-state index contributed by atoms with van der Waals surface area (Å²) in [5, 5.41) is 0.793. The Hall–Kier alpha value is -0.730. The van der Waals surface area contributed by atoms with Gasteiger partial charge in [0, 0.05) is 23.8 Å². The largest absolute Gasteiger partial charge is 0.371 e. The van der Waals surface area contributed by atoms with Gasteiger partial charge in [0.2, 0.25) is 0 Å². The Kier molecular flexibility index (Phi) is 6.51. The van der Waals surface area contributed by atoms with Gasteiger partial charge >= 0.3 is 0 Å². The fourth-order valence-corrected chi connectivity index (χ4v) is 2.32. The average Bonchev–Trinajstić information content (AvgIpc) is 2.37. The van der Waals surface area contributed by atoms with E-state index in [-0.39, 0.29) is 0 Å². The van der Waals surface area contributed by atoms with Gasteiger partial charge in [-0.25, -0.2) is 0 Å². The fraction of sp³-hybridized carbons (Fsp3) is 0.600.